The van der Waals surface area contributed by atoms with Gasteiger partial charge in [0.2, 0.25) is 0 Å². The standard InChI is InChI=1S/C14H15F4NO2/c1-8-5-19(7-11(8)13(20)21)6-9-2-3-10(15)4-12(9)14(16,17)18/h2-4,8,11H,5-7H2,1H3,(H,20,21)/t8-,11-/m1/s1. The smallest absolute Gasteiger partial charge is 0.416 e. The van der Waals surface area contributed by atoms with Crippen molar-refractivity contribution in [1.82, 2.24) is 4.90 Å². The molecule has 21 heavy (non-hydrogen) atoms. The molecule has 1 aromatic carbocycles. The van der Waals surface area contributed by atoms with Gasteiger partial charge < -0.3 is 5.11 Å². The second-order valence-corrected chi connectivity index (χ2v) is 5.42. The summed E-state index contributed by atoms with van der Waals surface area (Å²) < 4.78 is 51.7. The first-order valence-electron chi connectivity index (χ1n) is 6.49. The number of carboxylic acid groups (broad SMARTS) is 1. The Bertz CT molecular complexity index is 544. The molecule has 0 aromatic heterocycles. The first kappa shape index (κ1) is 15.8. The van der Waals surface area contributed by atoms with Crippen LogP contribution in [0.15, 0.2) is 18.2 Å². The summed E-state index contributed by atoms with van der Waals surface area (Å²) in [6.45, 7) is 2.33. The van der Waals surface area contributed by atoms with Crippen molar-refractivity contribution in [3.63, 3.8) is 0 Å². The Balaban J connectivity index is 2.20. The summed E-state index contributed by atoms with van der Waals surface area (Å²) in [4.78, 5) is 12.7. The van der Waals surface area contributed by atoms with E-state index in [4.69, 9.17) is 5.11 Å². The van der Waals surface area contributed by atoms with Crippen molar-refractivity contribution >= 4 is 5.97 Å². The fraction of sp³-hybridized carbons (Fsp3) is 0.500. The van der Waals surface area contributed by atoms with Gasteiger partial charge >= 0.3 is 12.1 Å². The van der Waals surface area contributed by atoms with Gasteiger partial charge in [-0.05, 0) is 23.6 Å². The molecule has 3 nitrogen and oxygen atoms in total. The summed E-state index contributed by atoms with van der Waals surface area (Å²) in [6, 6.07) is 2.57. The second-order valence-electron chi connectivity index (χ2n) is 5.42. The maximum absolute atomic E-state index is 13.0. The summed E-state index contributed by atoms with van der Waals surface area (Å²) in [5.41, 5.74) is -1.05. The van der Waals surface area contributed by atoms with Crippen molar-refractivity contribution in [2.75, 3.05) is 13.1 Å². The SMILES string of the molecule is C[C@@H]1CN(Cc2ccc(F)cc2C(F)(F)F)C[C@H]1C(=O)O. The molecule has 0 bridgehead atoms. The molecule has 1 aliphatic rings. The molecule has 1 fully saturated rings. The average molecular weight is 305 g/mol. The van der Waals surface area contributed by atoms with E-state index in [9.17, 15) is 22.4 Å². The Labute approximate surface area is 119 Å². The van der Waals surface area contributed by atoms with Crippen LogP contribution in [0.1, 0.15) is 18.1 Å². The number of likely N-dealkylation sites (tertiary alicyclic amines) is 1. The number of aliphatic carboxylic acids is 1. The second kappa shape index (κ2) is 5.63. The maximum atomic E-state index is 13.0. The van der Waals surface area contributed by atoms with Gasteiger partial charge in [-0.1, -0.05) is 13.0 Å². The summed E-state index contributed by atoms with van der Waals surface area (Å²) in [6.07, 6.45) is -4.63. The van der Waals surface area contributed by atoms with Gasteiger partial charge in [0.15, 0.2) is 0 Å². The molecular weight excluding hydrogens is 290 g/mol. The summed E-state index contributed by atoms with van der Waals surface area (Å²) >= 11 is 0. The molecule has 1 N–H and O–H groups in total. The van der Waals surface area contributed by atoms with E-state index in [1.807, 2.05) is 0 Å². The molecule has 2 rings (SSSR count). The van der Waals surface area contributed by atoms with Crippen LogP contribution >= 0.6 is 0 Å². The quantitative estimate of drug-likeness (QED) is 0.873. The molecule has 0 radical (unpaired) electrons. The molecule has 0 spiro atoms. The number of nitrogens with zero attached hydrogens (tertiary/aromatic N) is 1. The van der Waals surface area contributed by atoms with Crippen molar-refractivity contribution in [2.45, 2.75) is 19.6 Å². The third-order valence-corrected chi connectivity index (χ3v) is 3.78. The van der Waals surface area contributed by atoms with Crippen LogP contribution in [0.25, 0.3) is 0 Å². The van der Waals surface area contributed by atoms with Crippen molar-refractivity contribution in [3.05, 3.63) is 35.1 Å². The number of halogens is 4. The van der Waals surface area contributed by atoms with Gasteiger partial charge in [-0.2, -0.15) is 13.2 Å². The first-order valence-corrected chi connectivity index (χ1v) is 6.49. The van der Waals surface area contributed by atoms with E-state index in [-0.39, 0.29) is 24.6 Å². The number of hydrogen-bond acceptors (Lipinski definition) is 2. The van der Waals surface area contributed by atoms with Crippen LogP contribution in [0.3, 0.4) is 0 Å². The van der Waals surface area contributed by atoms with Crippen LogP contribution < -0.4 is 0 Å². The van der Waals surface area contributed by atoms with Gasteiger partial charge in [-0.3, -0.25) is 9.69 Å². The molecule has 0 amide bonds. The minimum Gasteiger partial charge on any atom is -0.481 e. The summed E-state index contributed by atoms with van der Waals surface area (Å²) in [5.74, 6) is -2.60. The molecule has 0 aliphatic carbocycles. The molecule has 7 heteroatoms. The highest BCUT2D eigenvalue weighted by Gasteiger charge is 2.37. The zero-order chi connectivity index (χ0) is 15.8. The normalized spacial score (nSPS) is 23.5. The fourth-order valence-corrected chi connectivity index (χ4v) is 2.71. The lowest BCUT2D eigenvalue weighted by molar-refractivity contribution is -0.142. The predicted molar refractivity (Wildman–Crippen MR) is 67.0 cm³/mol. The first-order chi connectivity index (χ1) is 9.68. The van der Waals surface area contributed by atoms with E-state index in [1.165, 1.54) is 0 Å². The number of carboxylic acids is 1. The van der Waals surface area contributed by atoms with E-state index >= 15 is 0 Å². The molecule has 2 atom stereocenters. The van der Waals surface area contributed by atoms with Crippen molar-refractivity contribution < 1.29 is 27.5 Å². The molecule has 1 saturated heterocycles. The van der Waals surface area contributed by atoms with Gasteiger partial charge in [0.25, 0.3) is 0 Å². The highest BCUT2D eigenvalue weighted by atomic mass is 19.4. The summed E-state index contributed by atoms with van der Waals surface area (Å²) in [7, 11) is 0. The van der Waals surface area contributed by atoms with E-state index < -0.39 is 29.4 Å². The number of benzene rings is 1. The van der Waals surface area contributed by atoms with E-state index in [0.29, 0.717) is 12.6 Å². The Kier molecular flexibility index (Phi) is 4.22. The zero-order valence-corrected chi connectivity index (χ0v) is 11.3. The van der Waals surface area contributed by atoms with Gasteiger partial charge in [0.1, 0.15) is 5.82 Å². The van der Waals surface area contributed by atoms with E-state index in [1.54, 1.807) is 11.8 Å². The van der Waals surface area contributed by atoms with Crippen molar-refractivity contribution in [3.8, 4) is 0 Å². The lowest BCUT2D eigenvalue weighted by Gasteiger charge is -2.19. The van der Waals surface area contributed by atoms with Gasteiger partial charge in [0.05, 0.1) is 11.5 Å². The van der Waals surface area contributed by atoms with Gasteiger partial charge in [0, 0.05) is 19.6 Å². The molecular formula is C14H15F4NO2. The highest BCUT2D eigenvalue weighted by molar-refractivity contribution is 5.71. The Morgan fingerprint density at radius 1 is 1.38 bits per heavy atom. The molecule has 0 saturated carbocycles. The number of hydrogen-bond donors (Lipinski definition) is 1. The van der Waals surface area contributed by atoms with Crippen LogP contribution in [0, 0.1) is 17.7 Å². The van der Waals surface area contributed by atoms with Gasteiger partial charge in [-0.25, -0.2) is 4.39 Å². The van der Waals surface area contributed by atoms with Crippen LogP contribution in [0.2, 0.25) is 0 Å². The van der Waals surface area contributed by atoms with Crippen LogP contribution in [-0.4, -0.2) is 29.1 Å². The monoisotopic (exact) mass is 305 g/mol. The average Bonchev–Trinajstić information content (AvgIpc) is 2.71. The molecule has 1 aromatic rings. The minimum absolute atomic E-state index is 0.0384. The van der Waals surface area contributed by atoms with Crippen molar-refractivity contribution in [2.24, 2.45) is 11.8 Å². The van der Waals surface area contributed by atoms with E-state index in [2.05, 4.69) is 0 Å². The summed E-state index contributed by atoms with van der Waals surface area (Å²) in [5, 5.41) is 9.03. The molecule has 1 aliphatic heterocycles. The maximum Gasteiger partial charge on any atom is 0.416 e. The minimum atomic E-state index is -4.63. The number of alkyl halides is 3. The van der Waals surface area contributed by atoms with E-state index in [0.717, 1.165) is 12.1 Å². The molecule has 1 heterocycles. The number of carbonyl (C=O) groups is 1. The third-order valence-electron chi connectivity index (χ3n) is 3.78. The Morgan fingerprint density at radius 2 is 2.05 bits per heavy atom. The third kappa shape index (κ3) is 3.53. The lowest BCUT2D eigenvalue weighted by Crippen LogP contribution is -2.24. The highest BCUT2D eigenvalue weighted by Crippen LogP contribution is 2.34. The molecule has 116 valence electrons. The number of rotatable bonds is 3. The Hall–Kier alpha value is -1.63. The lowest BCUT2D eigenvalue weighted by atomic mass is 9.99. The largest absolute Gasteiger partial charge is 0.481 e. The zero-order valence-electron chi connectivity index (χ0n) is 11.3. The topological polar surface area (TPSA) is 40.5 Å². The van der Waals surface area contributed by atoms with Crippen LogP contribution in [-0.2, 0) is 17.5 Å². The Morgan fingerprint density at radius 3 is 2.57 bits per heavy atom. The van der Waals surface area contributed by atoms with Gasteiger partial charge in [-0.15, -0.1) is 0 Å². The van der Waals surface area contributed by atoms with Crippen molar-refractivity contribution in [1.29, 1.82) is 0 Å². The predicted octanol–water partition coefficient (Wildman–Crippen LogP) is 3.00. The molecule has 0 unspecified atom stereocenters. The fourth-order valence-electron chi connectivity index (χ4n) is 2.71. The van der Waals surface area contributed by atoms with Crippen LogP contribution in [0.4, 0.5) is 17.6 Å². The van der Waals surface area contributed by atoms with Crippen LogP contribution in [0.5, 0.6) is 0 Å².